The van der Waals surface area contributed by atoms with Gasteiger partial charge < -0.3 is 9.88 Å². The van der Waals surface area contributed by atoms with Crippen molar-refractivity contribution < 1.29 is 4.79 Å². The highest BCUT2D eigenvalue weighted by Crippen LogP contribution is 2.20. The number of thioether (sulfide) groups is 1. The molecule has 1 amide bonds. The van der Waals surface area contributed by atoms with Crippen LogP contribution in [0, 0.1) is 6.92 Å². The number of carbonyl (C=O) groups excluding carboxylic acids is 1. The maximum absolute atomic E-state index is 12.3. The van der Waals surface area contributed by atoms with E-state index in [1.54, 1.807) is 6.08 Å². The van der Waals surface area contributed by atoms with Crippen molar-refractivity contribution in [3.63, 3.8) is 0 Å². The standard InChI is InChI=1S/C21H21ClN4OS/c1-3-11-26-19(13-16-7-9-17(22)10-8-16)24-25-21(26)28-14-20(27)23-18-6-4-5-15(2)12-18/h3-10,12H,1,11,13-14H2,2H3,(H,23,27). The average molecular weight is 413 g/mol. The fourth-order valence-corrected chi connectivity index (χ4v) is 3.60. The van der Waals surface area contributed by atoms with E-state index < -0.39 is 0 Å². The lowest BCUT2D eigenvalue weighted by molar-refractivity contribution is -0.113. The first-order valence-electron chi connectivity index (χ1n) is 8.82. The van der Waals surface area contributed by atoms with E-state index >= 15 is 0 Å². The lowest BCUT2D eigenvalue weighted by Crippen LogP contribution is -2.15. The molecule has 0 saturated carbocycles. The molecule has 1 heterocycles. The molecule has 3 aromatic rings. The van der Waals surface area contributed by atoms with Crippen molar-refractivity contribution in [1.82, 2.24) is 14.8 Å². The highest BCUT2D eigenvalue weighted by molar-refractivity contribution is 7.99. The number of allylic oxidation sites excluding steroid dienone is 1. The molecule has 0 saturated heterocycles. The van der Waals surface area contributed by atoms with Crippen LogP contribution in [0.2, 0.25) is 5.02 Å². The largest absolute Gasteiger partial charge is 0.325 e. The minimum Gasteiger partial charge on any atom is -0.325 e. The Kier molecular flexibility index (Phi) is 6.90. The number of aromatic nitrogens is 3. The Balaban J connectivity index is 1.66. The summed E-state index contributed by atoms with van der Waals surface area (Å²) in [6.07, 6.45) is 2.43. The maximum atomic E-state index is 12.3. The van der Waals surface area contributed by atoms with Crippen molar-refractivity contribution >= 4 is 35.0 Å². The predicted octanol–water partition coefficient (Wildman–Crippen LogP) is 4.75. The van der Waals surface area contributed by atoms with Crippen LogP contribution < -0.4 is 5.32 Å². The zero-order chi connectivity index (χ0) is 19.9. The molecule has 144 valence electrons. The minimum absolute atomic E-state index is 0.0806. The summed E-state index contributed by atoms with van der Waals surface area (Å²) >= 11 is 7.31. The number of hydrogen-bond donors (Lipinski definition) is 1. The first kappa shape index (κ1) is 20.2. The van der Waals surface area contributed by atoms with Gasteiger partial charge in [-0.3, -0.25) is 4.79 Å². The van der Waals surface area contributed by atoms with E-state index in [2.05, 4.69) is 22.1 Å². The fourth-order valence-electron chi connectivity index (χ4n) is 2.70. The zero-order valence-corrected chi connectivity index (χ0v) is 17.1. The first-order valence-corrected chi connectivity index (χ1v) is 10.2. The number of rotatable bonds is 8. The summed E-state index contributed by atoms with van der Waals surface area (Å²) in [5.41, 5.74) is 2.99. The summed E-state index contributed by atoms with van der Waals surface area (Å²) in [5.74, 6) is 0.997. The summed E-state index contributed by atoms with van der Waals surface area (Å²) in [5, 5.41) is 12.9. The number of nitrogens with one attached hydrogen (secondary N) is 1. The van der Waals surface area contributed by atoms with Gasteiger partial charge in [-0.05, 0) is 42.3 Å². The van der Waals surface area contributed by atoms with Crippen LogP contribution in [0.1, 0.15) is 17.0 Å². The Morgan fingerprint density at radius 2 is 2.04 bits per heavy atom. The van der Waals surface area contributed by atoms with E-state index in [1.165, 1.54) is 11.8 Å². The van der Waals surface area contributed by atoms with Gasteiger partial charge in [-0.1, -0.05) is 53.7 Å². The fraction of sp³-hybridized carbons (Fsp3) is 0.190. The van der Waals surface area contributed by atoms with Gasteiger partial charge in [-0.2, -0.15) is 0 Å². The number of aryl methyl sites for hydroxylation is 1. The molecule has 2 aromatic carbocycles. The van der Waals surface area contributed by atoms with E-state index in [1.807, 2.05) is 60.0 Å². The van der Waals surface area contributed by atoms with Gasteiger partial charge in [0.05, 0.1) is 5.75 Å². The van der Waals surface area contributed by atoms with Crippen molar-refractivity contribution in [2.24, 2.45) is 0 Å². The highest BCUT2D eigenvalue weighted by Gasteiger charge is 2.14. The van der Waals surface area contributed by atoms with Crippen molar-refractivity contribution in [3.05, 3.63) is 83.2 Å². The number of amides is 1. The Morgan fingerprint density at radius 3 is 2.75 bits per heavy atom. The van der Waals surface area contributed by atoms with Crippen molar-refractivity contribution in [1.29, 1.82) is 0 Å². The molecule has 28 heavy (non-hydrogen) atoms. The SMILES string of the molecule is C=CCn1c(Cc2ccc(Cl)cc2)nnc1SCC(=O)Nc1cccc(C)c1. The topological polar surface area (TPSA) is 59.8 Å². The van der Waals surface area contributed by atoms with E-state index in [0.29, 0.717) is 23.1 Å². The zero-order valence-electron chi connectivity index (χ0n) is 15.6. The molecule has 0 aliphatic heterocycles. The molecule has 0 aliphatic rings. The number of hydrogen-bond acceptors (Lipinski definition) is 4. The lowest BCUT2D eigenvalue weighted by Gasteiger charge is -2.08. The van der Waals surface area contributed by atoms with Crippen molar-refractivity contribution in [2.75, 3.05) is 11.1 Å². The van der Waals surface area contributed by atoms with Gasteiger partial charge in [0.15, 0.2) is 5.16 Å². The van der Waals surface area contributed by atoms with Gasteiger partial charge in [0.25, 0.3) is 0 Å². The van der Waals surface area contributed by atoms with Gasteiger partial charge >= 0.3 is 0 Å². The van der Waals surface area contributed by atoms with Crippen molar-refractivity contribution in [2.45, 2.75) is 25.0 Å². The number of benzene rings is 2. The highest BCUT2D eigenvalue weighted by atomic mass is 35.5. The van der Waals surface area contributed by atoms with E-state index in [4.69, 9.17) is 11.6 Å². The van der Waals surface area contributed by atoms with Crippen LogP contribution >= 0.6 is 23.4 Å². The second kappa shape index (κ2) is 9.57. The molecular weight excluding hydrogens is 392 g/mol. The van der Waals surface area contributed by atoms with E-state index in [0.717, 1.165) is 22.6 Å². The smallest absolute Gasteiger partial charge is 0.234 e. The number of halogens is 1. The third-order valence-electron chi connectivity index (χ3n) is 4.01. The Hall–Kier alpha value is -2.57. The summed E-state index contributed by atoms with van der Waals surface area (Å²) in [6, 6.07) is 15.4. The van der Waals surface area contributed by atoms with Crippen LogP contribution in [0.4, 0.5) is 5.69 Å². The second-order valence-electron chi connectivity index (χ2n) is 6.31. The first-order chi connectivity index (χ1) is 13.5. The molecule has 0 spiro atoms. The molecule has 5 nitrogen and oxygen atoms in total. The molecule has 1 N–H and O–H groups in total. The van der Waals surface area contributed by atoms with Crippen LogP contribution in [0.15, 0.2) is 66.3 Å². The van der Waals surface area contributed by atoms with Gasteiger partial charge in [0, 0.05) is 23.7 Å². The van der Waals surface area contributed by atoms with Gasteiger partial charge in [0.1, 0.15) is 5.82 Å². The number of carbonyl (C=O) groups is 1. The summed E-state index contributed by atoms with van der Waals surface area (Å²) < 4.78 is 1.98. The molecule has 0 fully saturated rings. The van der Waals surface area contributed by atoms with Crippen LogP contribution in [0.5, 0.6) is 0 Å². The van der Waals surface area contributed by atoms with Crippen LogP contribution in [-0.4, -0.2) is 26.4 Å². The molecule has 3 rings (SSSR count). The summed E-state index contributed by atoms with van der Waals surface area (Å²) in [4.78, 5) is 12.3. The minimum atomic E-state index is -0.0806. The normalized spacial score (nSPS) is 10.6. The van der Waals surface area contributed by atoms with E-state index in [9.17, 15) is 4.79 Å². The molecule has 0 bridgehead atoms. The van der Waals surface area contributed by atoms with E-state index in [-0.39, 0.29) is 11.7 Å². The Bertz CT molecular complexity index is 969. The predicted molar refractivity (Wildman–Crippen MR) is 115 cm³/mol. The van der Waals surface area contributed by atoms with Crippen LogP contribution in [0.25, 0.3) is 0 Å². The number of nitrogens with zero attached hydrogens (tertiary/aromatic N) is 3. The molecule has 0 radical (unpaired) electrons. The monoisotopic (exact) mass is 412 g/mol. The molecular formula is C21H21ClN4OS. The molecule has 0 aliphatic carbocycles. The van der Waals surface area contributed by atoms with Crippen molar-refractivity contribution in [3.8, 4) is 0 Å². The number of anilines is 1. The second-order valence-corrected chi connectivity index (χ2v) is 7.69. The summed E-state index contributed by atoms with van der Waals surface area (Å²) in [7, 11) is 0. The third-order valence-corrected chi connectivity index (χ3v) is 5.23. The average Bonchev–Trinajstić information content (AvgIpc) is 3.04. The Morgan fingerprint density at radius 1 is 1.25 bits per heavy atom. The maximum Gasteiger partial charge on any atom is 0.234 e. The quantitative estimate of drug-likeness (QED) is 0.428. The van der Waals surface area contributed by atoms with Crippen LogP contribution in [-0.2, 0) is 17.8 Å². The van der Waals surface area contributed by atoms with Crippen LogP contribution in [0.3, 0.4) is 0 Å². The lowest BCUT2D eigenvalue weighted by atomic mass is 10.1. The molecule has 1 aromatic heterocycles. The summed E-state index contributed by atoms with van der Waals surface area (Å²) in [6.45, 7) is 6.38. The molecule has 0 unspecified atom stereocenters. The third kappa shape index (κ3) is 5.47. The molecule has 7 heteroatoms. The van der Waals surface area contributed by atoms with Gasteiger partial charge in [-0.15, -0.1) is 16.8 Å². The van der Waals surface area contributed by atoms with Gasteiger partial charge in [0.2, 0.25) is 5.91 Å². The Labute approximate surface area is 173 Å². The van der Waals surface area contributed by atoms with Gasteiger partial charge in [-0.25, -0.2) is 0 Å². The molecule has 0 atom stereocenters.